The molecule has 0 fully saturated rings. The van der Waals surface area contributed by atoms with Crippen molar-refractivity contribution in [3.05, 3.63) is 6.92 Å². The van der Waals surface area contributed by atoms with Gasteiger partial charge < -0.3 is 0 Å². The van der Waals surface area contributed by atoms with Crippen LogP contribution in [0.3, 0.4) is 0 Å². The van der Waals surface area contributed by atoms with Gasteiger partial charge in [0.2, 0.25) is 0 Å². The second-order valence-electron chi connectivity index (χ2n) is 2.35. The van der Waals surface area contributed by atoms with Gasteiger partial charge in [0.1, 0.15) is 9.70 Å². The Hall–Kier alpha value is 4.32. The Morgan fingerprint density at radius 1 is 0.571 bits per heavy atom. The molecule has 0 aliphatic rings. The van der Waals surface area contributed by atoms with Gasteiger partial charge in [0.25, 0.3) is 0 Å². The van der Waals surface area contributed by atoms with Gasteiger partial charge in [-0.3, -0.25) is 0 Å². The largest absolute Gasteiger partial charge is 0.162 e. The molecule has 0 saturated heterocycles. The molecule has 0 rings (SSSR count). The van der Waals surface area contributed by atoms with Crippen LogP contribution in [0.4, 0.5) is 0 Å². The molecule has 0 spiro atoms. The molecule has 1 radical (unpaired) electrons. The van der Waals surface area contributed by atoms with Crippen LogP contribution in [-0.4, -0.2) is 11.8 Å². The van der Waals surface area contributed by atoms with E-state index in [1.165, 1.54) is 0 Å². The summed E-state index contributed by atoms with van der Waals surface area (Å²) in [5, 5.41) is 0. The summed E-state index contributed by atoms with van der Waals surface area (Å²) in [4.78, 5) is 0. The quantitative estimate of drug-likeness (QED) is 0.262. The monoisotopic (exact) mass is 772 g/mol. The molecule has 0 heterocycles. The first-order valence-electron chi connectivity index (χ1n) is 2.80. The lowest BCUT2D eigenvalue weighted by Crippen LogP contribution is -2.52. The molecule has 0 aromatic heterocycles. The summed E-state index contributed by atoms with van der Waals surface area (Å²) in [5.74, 6) is 0. The van der Waals surface area contributed by atoms with E-state index in [9.17, 15) is 0 Å². The van der Waals surface area contributed by atoms with E-state index in [1.54, 1.807) is 0 Å². The average Bonchev–Trinajstić information content (AvgIpc) is 1.81. The highest BCUT2D eigenvalue weighted by molar-refractivity contribution is 9.42. The molecule has 9 heteroatoms. The second-order valence-corrected chi connectivity index (χ2v) is 19.8. The number of rotatable bonds is 2. The van der Waals surface area contributed by atoms with E-state index in [4.69, 9.17) is 0 Å². The van der Waals surface area contributed by atoms with Crippen molar-refractivity contribution in [1.82, 2.24) is 0 Å². The van der Waals surface area contributed by atoms with Crippen LogP contribution in [0.2, 0.25) is 0 Å². The van der Waals surface area contributed by atoms with E-state index < -0.39 is 11.8 Å². The van der Waals surface area contributed by atoms with Gasteiger partial charge >= 0.3 is 0 Å². The van der Waals surface area contributed by atoms with Crippen molar-refractivity contribution in [3.63, 3.8) is 0 Å². The number of halogens is 9. The van der Waals surface area contributed by atoms with Gasteiger partial charge in [-0.15, -0.1) is 0 Å². The molecule has 0 unspecified atom stereocenters. The van der Waals surface area contributed by atoms with E-state index in [0.717, 1.165) is 0 Å². The zero-order chi connectivity index (χ0) is 12.0. The van der Waals surface area contributed by atoms with Crippen LogP contribution in [0.15, 0.2) is 0 Å². The normalized spacial score (nSPS) is 15.9. The first-order valence-corrected chi connectivity index (χ1v) is 9.94. The standard InChI is InChI=1S/C5H2Br9/c1-2(6,7)3(8,9)4(10,11)5(12,13)14/h1H2. The third kappa shape index (κ3) is 3.90. The van der Waals surface area contributed by atoms with Gasteiger partial charge in [-0.1, -0.05) is 143 Å². The lowest BCUT2D eigenvalue weighted by atomic mass is 10.3. The molecule has 0 amide bonds. The molecular formula is C5H2Br9. The molecule has 0 aromatic carbocycles. The maximum Gasteiger partial charge on any atom is 0.162 e. The predicted molar refractivity (Wildman–Crippen MR) is 96.6 cm³/mol. The number of hydrogen-bond donors (Lipinski definition) is 0. The van der Waals surface area contributed by atoms with E-state index in [2.05, 4.69) is 150 Å². The SMILES string of the molecule is [CH2]C(Br)(Br)C(Br)(Br)C(Br)(Br)C(Br)(Br)Br. The molecule has 0 N–H and O–H groups in total. The molecule has 0 atom stereocenters. The Morgan fingerprint density at radius 2 is 0.857 bits per heavy atom. The zero-order valence-electron chi connectivity index (χ0n) is 6.11. The van der Waals surface area contributed by atoms with Gasteiger partial charge in [0, 0.05) is 0 Å². The summed E-state index contributed by atoms with van der Waals surface area (Å²) < 4.78 is -2.50. The molecular weight excluding hydrogens is 779 g/mol. The molecule has 0 saturated carbocycles. The van der Waals surface area contributed by atoms with Crippen LogP contribution in [0, 0.1) is 6.92 Å². The maximum atomic E-state index is 3.94. The van der Waals surface area contributed by atoms with Crippen LogP contribution in [0.1, 0.15) is 0 Å². The van der Waals surface area contributed by atoms with Crippen molar-refractivity contribution < 1.29 is 0 Å². The van der Waals surface area contributed by atoms with Crippen LogP contribution in [0.5, 0.6) is 0 Å². The minimum atomic E-state index is -0.642. The molecule has 0 nitrogen and oxygen atoms in total. The van der Waals surface area contributed by atoms with Crippen LogP contribution >= 0.6 is 143 Å². The Bertz CT molecular complexity index is 182. The first kappa shape index (κ1) is 18.3. The van der Waals surface area contributed by atoms with Crippen molar-refractivity contribution in [2.45, 2.75) is 11.8 Å². The van der Waals surface area contributed by atoms with Crippen molar-refractivity contribution in [2.24, 2.45) is 0 Å². The van der Waals surface area contributed by atoms with Crippen molar-refractivity contribution in [3.8, 4) is 0 Å². The molecule has 14 heavy (non-hydrogen) atoms. The first-order chi connectivity index (χ1) is 5.75. The topological polar surface area (TPSA) is 0 Å². The van der Waals surface area contributed by atoms with E-state index in [-0.39, 0.29) is 0 Å². The summed E-state index contributed by atoms with van der Waals surface area (Å²) in [7, 11) is 0. The summed E-state index contributed by atoms with van der Waals surface area (Å²) in [6.07, 6.45) is 0. The lowest BCUT2D eigenvalue weighted by molar-refractivity contribution is 0.783. The van der Waals surface area contributed by atoms with Crippen LogP contribution in [0.25, 0.3) is 0 Å². The second kappa shape index (κ2) is 5.75. The Kier molecular flexibility index (Phi) is 7.53. The van der Waals surface area contributed by atoms with Gasteiger partial charge in [0.05, 0.1) is 0 Å². The average molecular weight is 781 g/mol. The van der Waals surface area contributed by atoms with Crippen LogP contribution in [-0.2, 0) is 0 Å². The highest BCUT2D eigenvalue weighted by Crippen LogP contribution is 2.67. The number of alkyl halides is 9. The Labute approximate surface area is 159 Å². The fraction of sp³-hybridized carbons (Fsp3) is 0.800. The molecule has 0 aliphatic carbocycles. The maximum absolute atomic E-state index is 3.94. The molecule has 0 aromatic rings. The van der Waals surface area contributed by atoms with E-state index >= 15 is 0 Å². The molecule has 0 bridgehead atoms. The minimum absolute atomic E-state index is 0.586. The Balaban J connectivity index is 5.30. The van der Waals surface area contributed by atoms with E-state index in [1.807, 2.05) is 0 Å². The van der Waals surface area contributed by atoms with Crippen molar-refractivity contribution in [2.75, 3.05) is 0 Å². The number of hydrogen-bond acceptors (Lipinski definition) is 0. The lowest BCUT2D eigenvalue weighted by Gasteiger charge is -2.45. The van der Waals surface area contributed by atoms with Crippen molar-refractivity contribution in [1.29, 1.82) is 0 Å². The summed E-state index contributed by atoms with van der Waals surface area (Å²) >= 11 is 31.3. The highest BCUT2D eigenvalue weighted by Gasteiger charge is 2.63. The molecule has 0 aliphatic heterocycles. The highest BCUT2D eigenvalue weighted by atomic mass is 80.0. The van der Waals surface area contributed by atoms with E-state index in [0.29, 0.717) is 0 Å². The summed E-state index contributed by atoms with van der Waals surface area (Å²) in [5.41, 5.74) is 0. The van der Waals surface area contributed by atoms with Gasteiger partial charge in [-0.25, -0.2) is 0 Å². The zero-order valence-corrected chi connectivity index (χ0v) is 20.4. The molecule has 85 valence electrons. The predicted octanol–water partition coefficient (Wildman–Crippen LogP) is 7.12. The minimum Gasteiger partial charge on any atom is -0.0701 e. The third-order valence-corrected chi connectivity index (χ3v) is 16.6. The fourth-order valence-corrected chi connectivity index (χ4v) is 5.83. The van der Waals surface area contributed by atoms with Crippen LogP contribution < -0.4 is 0 Å². The smallest absolute Gasteiger partial charge is 0.0701 e. The third-order valence-electron chi connectivity index (χ3n) is 1.21. The summed E-state index contributed by atoms with van der Waals surface area (Å²) in [6, 6.07) is 0. The van der Waals surface area contributed by atoms with Gasteiger partial charge in [0.15, 0.2) is 2.14 Å². The van der Waals surface area contributed by atoms with Crippen molar-refractivity contribution >= 4 is 143 Å². The van der Waals surface area contributed by atoms with Gasteiger partial charge in [-0.2, -0.15) is 0 Å². The summed E-state index contributed by atoms with van der Waals surface area (Å²) in [6.45, 7) is 3.94. The fourth-order valence-electron chi connectivity index (χ4n) is 0.408. The van der Waals surface area contributed by atoms with Gasteiger partial charge in [-0.05, 0) is 6.92 Å². The Morgan fingerprint density at radius 3 is 0.929 bits per heavy atom.